The Labute approximate surface area is 170 Å². The number of hydrogen-bond acceptors (Lipinski definition) is 7. The molecule has 0 spiro atoms. The zero-order chi connectivity index (χ0) is 20.2. The summed E-state index contributed by atoms with van der Waals surface area (Å²) in [5.74, 6) is 1.92. The SMILES string of the molecule is CC(C)COc1cc(N2CCN(c3cc4ccccc4nc3C=O)CC2)ncn1. The normalized spacial score (nSPS) is 14.4. The maximum absolute atomic E-state index is 11.6. The third kappa shape index (κ3) is 4.29. The Morgan fingerprint density at radius 1 is 1.07 bits per heavy atom. The van der Waals surface area contributed by atoms with Crippen molar-refractivity contribution in [3.05, 3.63) is 48.4 Å². The standard InChI is InChI=1S/C22H25N5O2/c1-16(2)14-29-22-12-21(23-15-24-22)27-9-7-26(8-10-27)20-11-17-5-3-4-6-18(17)25-19(20)13-28/h3-6,11-13,15-16H,7-10,14H2,1-2H3. The fraction of sp³-hybridized carbons (Fsp3) is 0.364. The Kier molecular flexibility index (Phi) is 5.55. The van der Waals surface area contributed by atoms with Crippen LogP contribution in [0.25, 0.3) is 10.9 Å². The molecular formula is C22H25N5O2. The molecule has 4 rings (SSSR count). The lowest BCUT2D eigenvalue weighted by atomic mass is 10.1. The van der Waals surface area contributed by atoms with E-state index in [1.807, 2.05) is 30.3 Å². The molecule has 1 saturated heterocycles. The van der Waals surface area contributed by atoms with E-state index in [-0.39, 0.29) is 0 Å². The summed E-state index contributed by atoms with van der Waals surface area (Å²) in [4.78, 5) is 29.2. The summed E-state index contributed by atoms with van der Waals surface area (Å²) < 4.78 is 5.73. The van der Waals surface area contributed by atoms with Crippen LogP contribution < -0.4 is 14.5 Å². The average molecular weight is 391 g/mol. The summed E-state index contributed by atoms with van der Waals surface area (Å²) in [5, 5.41) is 1.04. The Hall–Kier alpha value is -3.22. The fourth-order valence-corrected chi connectivity index (χ4v) is 3.47. The van der Waals surface area contributed by atoms with E-state index in [4.69, 9.17) is 4.74 Å². The average Bonchev–Trinajstić information content (AvgIpc) is 2.77. The highest BCUT2D eigenvalue weighted by molar-refractivity contribution is 5.91. The van der Waals surface area contributed by atoms with Gasteiger partial charge in [0.15, 0.2) is 6.29 Å². The third-order valence-corrected chi connectivity index (χ3v) is 4.98. The first-order valence-electron chi connectivity index (χ1n) is 9.94. The molecule has 0 atom stereocenters. The van der Waals surface area contributed by atoms with Crippen LogP contribution in [-0.4, -0.2) is 54.0 Å². The van der Waals surface area contributed by atoms with Gasteiger partial charge in [0.25, 0.3) is 0 Å². The summed E-state index contributed by atoms with van der Waals surface area (Å²) in [6, 6.07) is 11.8. The van der Waals surface area contributed by atoms with Gasteiger partial charge in [-0.25, -0.2) is 15.0 Å². The summed E-state index contributed by atoms with van der Waals surface area (Å²) in [6.07, 6.45) is 2.39. The van der Waals surface area contributed by atoms with Gasteiger partial charge in [-0.15, -0.1) is 0 Å². The second kappa shape index (κ2) is 8.43. The number of aldehydes is 1. The van der Waals surface area contributed by atoms with Gasteiger partial charge in [0, 0.05) is 37.6 Å². The van der Waals surface area contributed by atoms with Crippen LogP contribution in [0.4, 0.5) is 11.5 Å². The minimum Gasteiger partial charge on any atom is -0.477 e. The van der Waals surface area contributed by atoms with E-state index in [0.717, 1.165) is 54.9 Å². The highest BCUT2D eigenvalue weighted by Crippen LogP contribution is 2.26. The largest absolute Gasteiger partial charge is 0.477 e. The number of para-hydroxylation sites is 1. The van der Waals surface area contributed by atoms with Gasteiger partial charge in [-0.2, -0.15) is 0 Å². The Morgan fingerprint density at radius 2 is 1.83 bits per heavy atom. The number of aromatic nitrogens is 3. The number of ether oxygens (including phenoxy) is 1. The van der Waals surface area contributed by atoms with Crippen molar-refractivity contribution in [1.29, 1.82) is 0 Å². The molecule has 0 unspecified atom stereocenters. The van der Waals surface area contributed by atoms with Crippen molar-refractivity contribution < 1.29 is 9.53 Å². The molecule has 0 radical (unpaired) electrons. The van der Waals surface area contributed by atoms with Gasteiger partial charge < -0.3 is 14.5 Å². The molecule has 0 bridgehead atoms. The van der Waals surface area contributed by atoms with E-state index in [1.54, 1.807) is 6.33 Å². The molecule has 1 fully saturated rings. The molecule has 29 heavy (non-hydrogen) atoms. The Morgan fingerprint density at radius 3 is 2.59 bits per heavy atom. The van der Waals surface area contributed by atoms with E-state index in [2.05, 4.69) is 44.7 Å². The van der Waals surface area contributed by atoms with Crippen LogP contribution in [0.1, 0.15) is 24.3 Å². The first-order chi connectivity index (χ1) is 14.1. The highest BCUT2D eigenvalue weighted by Gasteiger charge is 2.21. The summed E-state index contributed by atoms with van der Waals surface area (Å²) in [6.45, 7) is 8.01. The molecular weight excluding hydrogens is 366 g/mol. The van der Waals surface area contributed by atoms with Crippen molar-refractivity contribution in [2.45, 2.75) is 13.8 Å². The van der Waals surface area contributed by atoms with Crippen LogP contribution in [0, 0.1) is 5.92 Å². The Balaban J connectivity index is 1.48. The van der Waals surface area contributed by atoms with Crippen LogP contribution in [0.15, 0.2) is 42.7 Å². The van der Waals surface area contributed by atoms with E-state index in [1.165, 1.54) is 0 Å². The van der Waals surface area contributed by atoms with Crippen LogP contribution in [0.3, 0.4) is 0 Å². The van der Waals surface area contributed by atoms with Gasteiger partial charge in [0.2, 0.25) is 5.88 Å². The fourth-order valence-electron chi connectivity index (χ4n) is 3.47. The maximum atomic E-state index is 11.6. The molecule has 0 amide bonds. The minimum absolute atomic E-state index is 0.444. The smallest absolute Gasteiger partial charge is 0.218 e. The van der Waals surface area contributed by atoms with Crippen LogP contribution in [0.2, 0.25) is 0 Å². The van der Waals surface area contributed by atoms with Crippen molar-refractivity contribution >= 4 is 28.7 Å². The molecule has 2 aromatic heterocycles. The summed E-state index contributed by atoms with van der Waals surface area (Å²) in [5.41, 5.74) is 2.22. The summed E-state index contributed by atoms with van der Waals surface area (Å²) >= 11 is 0. The lowest BCUT2D eigenvalue weighted by Crippen LogP contribution is -2.47. The monoisotopic (exact) mass is 391 g/mol. The van der Waals surface area contributed by atoms with Gasteiger partial charge in [-0.05, 0) is 18.1 Å². The number of piperazine rings is 1. The zero-order valence-corrected chi connectivity index (χ0v) is 16.8. The molecule has 0 aliphatic carbocycles. The van der Waals surface area contributed by atoms with Crippen molar-refractivity contribution in [2.75, 3.05) is 42.6 Å². The number of hydrogen-bond donors (Lipinski definition) is 0. The second-order valence-corrected chi connectivity index (χ2v) is 7.60. The zero-order valence-electron chi connectivity index (χ0n) is 16.8. The number of benzene rings is 1. The topological polar surface area (TPSA) is 71.5 Å². The predicted molar refractivity (Wildman–Crippen MR) is 114 cm³/mol. The molecule has 1 aliphatic rings. The van der Waals surface area contributed by atoms with Crippen molar-refractivity contribution in [3.8, 4) is 5.88 Å². The molecule has 7 nitrogen and oxygen atoms in total. The number of anilines is 2. The van der Waals surface area contributed by atoms with Crippen LogP contribution >= 0.6 is 0 Å². The van der Waals surface area contributed by atoms with Gasteiger partial charge >= 0.3 is 0 Å². The van der Waals surface area contributed by atoms with Gasteiger partial charge in [-0.3, -0.25) is 4.79 Å². The van der Waals surface area contributed by atoms with Crippen molar-refractivity contribution in [1.82, 2.24) is 15.0 Å². The number of pyridine rings is 1. The highest BCUT2D eigenvalue weighted by atomic mass is 16.5. The number of carbonyl (C=O) groups is 1. The molecule has 7 heteroatoms. The van der Waals surface area contributed by atoms with E-state index in [0.29, 0.717) is 24.1 Å². The predicted octanol–water partition coefficient (Wildman–Crippen LogP) is 3.20. The van der Waals surface area contributed by atoms with Gasteiger partial charge in [0.1, 0.15) is 17.8 Å². The lowest BCUT2D eigenvalue weighted by molar-refractivity contribution is 0.112. The molecule has 3 aromatic rings. The molecule has 1 aromatic carbocycles. The number of carbonyl (C=O) groups excluding carboxylic acids is 1. The molecule has 150 valence electrons. The van der Waals surface area contributed by atoms with E-state index < -0.39 is 0 Å². The first kappa shape index (κ1) is 19.1. The van der Waals surface area contributed by atoms with E-state index in [9.17, 15) is 4.79 Å². The quantitative estimate of drug-likeness (QED) is 0.598. The first-order valence-corrected chi connectivity index (χ1v) is 9.94. The molecule has 1 aliphatic heterocycles. The second-order valence-electron chi connectivity index (χ2n) is 7.60. The maximum Gasteiger partial charge on any atom is 0.218 e. The number of nitrogens with zero attached hydrogens (tertiary/aromatic N) is 5. The van der Waals surface area contributed by atoms with Gasteiger partial charge in [-0.1, -0.05) is 32.0 Å². The minimum atomic E-state index is 0.444. The lowest BCUT2D eigenvalue weighted by Gasteiger charge is -2.37. The number of fused-ring (bicyclic) bond motifs is 1. The van der Waals surface area contributed by atoms with Crippen molar-refractivity contribution in [3.63, 3.8) is 0 Å². The Bertz CT molecular complexity index is 999. The molecule has 0 N–H and O–H groups in total. The third-order valence-electron chi connectivity index (χ3n) is 4.98. The molecule has 3 heterocycles. The van der Waals surface area contributed by atoms with Gasteiger partial charge in [0.05, 0.1) is 17.8 Å². The van der Waals surface area contributed by atoms with Crippen LogP contribution in [-0.2, 0) is 0 Å². The summed E-state index contributed by atoms with van der Waals surface area (Å²) in [7, 11) is 0. The van der Waals surface area contributed by atoms with E-state index >= 15 is 0 Å². The number of rotatable bonds is 6. The molecule has 0 saturated carbocycles. The van der Waals surface area contributed by atoms with Crippen molar-refractivity contribution in [2.24, 2.45) is 5.92 Å². The van der Waals surface area contributed by atoms with Crippen LogP contribution in [0.5, 0.6) is 5.88 Å².